The van der Waals surface area contributed by atoms with Gasteiger partial charge in [-0.15, -0.1) is 5.92 Å². The van der Waals surface area contributed by atoms with Crippen molar-refractivity contribution in [1.29, 1.82) is 0 Å². The van der Waals surface area contributed by atoms with Crippen LogP contribution in [-0.2, 0) is 14.3 Å². The zero-order valence-corrected chi connectivity index (χ0v) is 15.8. The van der Waals surface area contributed by atoms with Crippen molar-refractivity contribution >= 4 is 5.97 Å². The fourth-order valence-electron chi connectivity index (χ4n) is 2.75. The van der Waals surface area contributed by atoms with Crippen molar-refractivity contribution in [3.05, 3.63) is 0 Å². The molecule has 0 amide bonds. The number of ether oxygens (including phenoxy) is 2. The van der Waals surface area contributed by atoms with E-state index in [0.717, 1.165) is 39.1 Å². The lowest BCUT2D eigenvalue weighted by Gasteiger charge is -2.18. The van der Waals surface area contributed by atoms with E-state index in [-0.39, 0.29) is 18.0 Å². The monoisotopic (exact) mass is 337 g/mol. The van der Waals surface area contributed by atoms with E-state index in [2.05, 4.69) is 37.5 Å². The van der Waals surface area contributed by atoms with Crippen molar-refractivity contribution in [3.63, 3.8) is 0 Å². The molecular weight excluding hydrogens is 302 g/mol. The number of hydrogen-bond acceptors (Lipinski definition) is 4. The van der Waals surface area contributed by atoms with E-state index in [1.165, 1.54) is 25.7 Å². The van der Waals surface area contributed by atoms with Gasteiger partial charge in [0.15, 0.2) is 0 Å². The molecule has 1 rings (SSSR count). The van der Waals surface area contributed by atoms with Crippen molar-refractivity contribution in [2.24, 2.45) is 5.92 Å². The molecule has 0 unspecified atom stereocenters. The molecule has 0 saturated carbocycles. The standard InChI is InChI=1S/C20H35NO3/c1-4-7-12-21(13-8-5-2)14-10-9-11-18-16-19(24-20(18)22)17-23-15-6-3/h18-19H,4-8,11-17H2,1-3H3/t18-,19-/m0/s1. The van der Waals surface area contributed by atoms with Crippen LogP contribution in [-0.4, -0.2) is 49.8 Å². The summed E-state index contributed by atoms with van der Waals surface area (Å²) >= 11 is 0. The zero-order chi connectivity index (χ0) is 17.6. The molecule has 2 atom stereocenters. The third-order valence-corrected chi connectivity index (χ3v) is 4.25. The van der Waals surface area contributed by atoms with E-state index in [4.69, 9.17) is 9.47 Å². The van der Waals surface area contributed by atoms with Gasteiger partial charge in [0.25, 0.3) is 0 Å². The van der Waals surface area contributed by atoms with Crippen LogP contribution in [0.15, 0.2) is 0 Å². The van der Waals surface area contributed by atoms with Crippen LogP contribution < -0.4 is 0 Å². The number of rotatable bonds is 12. The quantitative estimate of drug-likeness (QED) is 0.310. The van der Waals surface area contributed by atoms with Gasteiger partial charge in [-0.25, -0.2) is 0 Å². The molecule has 4 nitrogen and oxygen atoms in total. The third kappa shape index (κ3) is 8.70. The molecule has 1 saturated heterocycles. The Bertz CT molecular complexity index is 391. The van der Waals surface area contributed by atoms with Gasteiger partial charge in [-0.2, -0.15) is 0 Å². The second kappa shape index (κ2) is 13.3. The molecule has 0 aromatic heterocycles. The smallest absolute Gasteiger partial charge is 0.310 e. The first kappa shape index (κ1) is 21.0. The summed E-state index contributed by atoms with van der Waals surface area (Å²) in [6.45, 7) is 10.8. The van der Waals surface area contributed by atoms with Gasteiger partial charge in [-0.1, -0.05) is 39.5 Å². The highest BCUT2D eigenvalue weighted by atomic mass is 16.6. The number of hydrogen-bond donors (Lipinski definition) is 0. The summed E-state index contributed by atoms with van der Waals surface area (Å²) in [4.78, 5) is 14.3. The van der Waals surface area contributed by atoms with Crippen molar-refractivity contribution < 1.29 is 14.3 Å². The maximum Gasteiger partial charge on any atom is 0.310 e. The number of carbonyl (C=O) groups excluding carboxylic acids is 1. The van der Waals surface area contributed by atoms with Crippen LogP contribution >= 0.6 is 0 Å². The molecule has 0 aliphatic carbocycles. The molecule has 24 heavy (non-hydrogen) atoms. The first-order valence-corrected chi connectivity index (χ1v) is 9.67. The highest BCUT2D eigenvalue weighted by Gasteiger charge is 2.33. The maximum absolute atomic E-state index is 11.9. The Morgan fingerprint density at radius 3 is 2.46 bits per heavy atom. The second-order valence-electron chi connectivity index (χ2n) is 6.61. The first-order valence-electron chi connectivity index (χ1n) is 9.67. The highest BCUT2D eigenvalue weighted by Crippen LogP contribution is 2.23. The maximum atomic E-state index is 11.9. The number of nitrogens with zero attached hydrogens (tertiary/aromatic N) is 1. The van der Waals surface area contributed by atoms with E-state index in [1.807, 2.05) is 0 Å². The summed E-state index contributed by atoms with van der Waals surface area (Å²) in [6.07, 6.45) is 7.13. The summed E-state index contributed by atoms with van der Waals surface area (Å²) in [5.41, 5.74) is 0. The average molecular weight is 338 g/mol. The molecule has 4 heteroatoms. The fraction of sp³-hybridized carbons (Fsp3) is 0.850. The number of esters is 1. The van der Waals surface area contributed by atoms with E-state index in [9.17, 15) is 4.79 Å². The van der Waals surface area contributed by atoms with Gasteiger partial charge < -0.3 is 9.47 Å². The summed E-state index contributed by atoms with van der Waals surface area (Å²) in [5, 5.41) is 0. The van der Waals surface area contributed by atoms with Crippen LogP contribution in [0, 0.1) is 17.8 Å². The minimum absolute atomic E-state index is 0.0764. The summed E-state index contributed by atoms with van der Waals surface area (Å²) in [6, 6.07) is 0. The minimum Gasteiger partial charge on any atom is -0.460 e. The fourth-order valence-corrected chi connectivity index (χ4v) is 2.75. The lowest BCUT2D eigenvalue weighted by Crippen LogP contribution is -2.26. The van der Waals surface area contributed by atoms with Gasteiger partial charge in [0.05, 0.1) is 19.1 Å². The molecular formula is C20H35NO3. The average Bonchev–Trinajstić information content (AvgIpc) is 2.93. The van der Waals surface area contributed by atoms with Crippen molar-refractivity contribution in [1.82, 2.24) is 4.90 Å². The molecule has 0 bridgehead atoms. The Kier molecular flexibility index (Phi) is 11.6. The molecule has 1 fully saturated rings. The van der Waals surface area contributed by atoms with E-state index < -0.39 is 0 Å². The Labute approximate surface area is 148 Å². The van der Waals surface area contributed by atoms with Crippen LogP contribution in [0.1, 0.15) is 65.7 Å². The minimum atomic E-state index is -0.108. The van der Waals surface area contributed by atoms with E-state index in [1.54, 1.807) is 0 Å². The Hall–Kier alpha value is -1.05. The molecule has 0 spiro atoms. The van der Waals surface area contributed by atoms with E-state index in [0.29, 0.717) is 13.0 Å². The van der Waals surface area contributed by atoms with Crippen LogP contribution in [0.4, 0.5) is 0 Å². The molecule has 1 heterocycles. The van der Waals surface area contributed by atoms with Crippen LogP contribution in [0.25, 0.3) is 0 Å². The van der Waals surface area contributed by atoms with Crippen LogP contribution in [0.3, 0.4) is 0 Å². The van der Waals surface area contributed by atoms with Crippen LogP contribution in [0.5, 0.6) is 0 Å². The van der Waals surface area contributed by atoms with Gasteiger partial charge in [-0.05, 0) is 32.4 Å². The molecule has 138 valence electrons. The summed E-state index contributed by atoms with van der Waals surface area (Å²) in [7, 11) is 0. The summed E-state index contributed by atoms with van der Waals surface area (Å²) < 4.78 is 10.8. The van der Waals surface area contributed by atoms with Crippen molar-refractivity contribution in [2.45, 2.75) is 71.8 Å². The highest BCUT2D eigenvalue weighted by molar-refractivity contribution is 5.75. The molecule has 1 aliphatic heterocycles. The molecule has 1 aliphatic rings. The van der Waals surface area contributed by atoms with Gasteiger partial charge in [0, 0.05) is 19.4 Å². The second-order valence-corrected chi connectivity index (χ2v) is 6.61. The van der Waals surface area contributed by atoms with Crippen molar-refractivity contribution in [3.8, 4) is 11.8 Å². The summed E-state index contributed by atoms with van der Waals surface area (Å²) in [5.74, 6) is 6.27. The predicted octanol–water partition coefficient (Wildman–Crippen LogP) is 3.64. The number of unbranched alkanes of at least 4 members (excludes halogenated alkanes) is 2. The van der Waals surface area contributed by atoms with Gasteiger partial charge >= 0.3 is 5.97 Å². The lowest BCUT2D eigenvalue weighted by molar-refractivity contribution is -0.146. The SMILES string of the molecule is CCCCN(CC#CC[C@H]1C[C@@H](COCCC)OC1=O)CCCC. The topological polar surface area (TPSA) is 38.8 Å². The van der Waals surface area contributed by atoms with Gasteiger partial charge in [-0.3, -0.25) is 9.69 Å². The van der Waals surface area contributed by atoms with Crippen molar-refractivity contribution in [2.75, 3.05) is 32.8 Å². The normalized spacial score (nSPS) is 20.1. The number of cyclic esters (lactones) is 1. The Morgan fingerprint density at radius 1 is 1.12 bits per heavy atom. The zero-order valence-electron chi connectivity index (χ0n) is 15.8. The lowest BCUT2D eigenvalue weighted by atomic mass is 10.0. The third-order valence-electron chi connectivity index (χ3n) is 4.25. The van der Waals surface area contributed by atoms with E-state index >= 15 is 0 Å². The molecule has 0 radical (unpaired) electrons. The Balaban J connectivity index is 2.31. The molecule has 0 N–H and O–H groups in total. The number of carbonyl (C=O) groups is 1. The Morgan fingerprint density at radius 2 is 1.83 bits per heavy atom. The molecule has 0 aromatic carbocycles. The van der Waals surface area contributed by atoms with Crippen LogP contribution in [0.2, 0.25) is 0 Å². The predicted molar refractivity (Wildman–Crippen MR) is 97.7 cm³/mol. The van der Waals surface area contributed by atoms with Gasteiger partial charge in [0.2, 0.25) is 0 Å². The van der Waals surface area contributed by atoms with Gasteiger partial charge in [0.1, 0.15) is 6.10 Å². The first-order chi connectivity index (χ1) is 11.7. The molecule has 0 aromatic rings. The largest absolute Gasteiger partial charge is 0.460 e.